The van der Waals surface area contributed by atoms with Crippen LogP contribution in [0.5, 0.6) is 11.5 Å². The van der Waals surface area contributed by atoms with Gasteiger partial charge in [-0.3, -0.25) is 24.5 Å². The molecule has 14 heteroatoms. The van der Waals surface area contributed by atoms with E-state index in [2.05, 4.69) is 20.9 Å². The summed E-state index contributed by atoms with van der Waals surface area (Å²) in [4.78, 5) is 61.2. The number of carbonyl (C=O) groups excluding carboxylic acids is 4. The van der Waals surface area contributed by atoms with Crippen molar-refractivity contribution in [2.75, 3.05) is 7.11 Å². The Morgan fingerprint density at radius 2 is 1.74 bits per heavy atom. The van der Waals surface area contributed by atoms with Gasteiger partial charge in [0.15, 0.2) is 17.3 Å². The van der Waals surface area contributed by atoms with Crippen LogP contribution in [0.4, 0.5) is 4.79 Å². The number of methoxy groups -OCH3 is 1. The third-order valence-electron chi connectivity index (χ3n) is 6.11. The fraction of sp³-hybridized carbons (Fsp3) is 0.138. The molecule has 0 radical (unpaired) electrons. The van der Waals surface area contributed by atoms with E-state index in [0.29, 0.717) is 22.6 Å². The molecule has 1 aliphatic rings. The van der Waals surface area contributed by atoms with E-state index in [-0.39, 0.29) is 24.5 Å². The van der Waals surface area contributed by atoms with Gasteiger partial charge in [-0.25, -0.2) is 19.5 Å². The molecule has 5 rings (SSSR count). The van der Waals surface area contributed by atoms with Crippen LogP contribution >= 0.6 is 11.8 Å². The molecule has 13 nitrogen and oxygen atoms in total. The first-order valence-electron chi connectivity index (χ1n) is 12.8. The normalized spacial score (nSPS) is 14.5. The predicted octanol–water partition coefficient (Wildman–Crippen LogP) is 2.51. The largest absolute Gasteiger partial charge is 0.493 e. The summed E-state index contributed by atoms with van der Waals surface area (Å²) in [5.74, 6) is -1.14. The van der Waals surface area contributed by atoms with Crippen LogP contribution in [0.2, 0.25) is 0 Å². The highest BCUT2D eigenvalue weighted by Gasteiger charge is 2.34. The van der Waals surface area contributed by atoms with Gasteiger partial charge in [-0.05, 0) is 35.9 Å². The van der Waals surface area contributed by atoms with Crippen LogP contribution in [-0.2, 0) is 20.9 Å². The van der Waals surface area contributed by atoms with Gasteiger partial charge < -0.3 is 9.47 Å². The molecule has 0 spiro atoms. The molecule has 1 fully saturated rings. The molecule has 2 N–H and O–H groups in total. The van der Waals surface area contributed by atoms with Crippen molar-refractivity contribution < 1.29 is 28.7 Å². The molecule has 0 saturated carbocycles. The van der Waals surface area contributed by atoms with E-state index in [4.69, 9.17) is 9.47 Å². The second-order valence-corrected chi connectivity index (χ2v) is 10.2. The molecule has 1 saturated heterocycles. The van der Waals surface area contributed by atoms with Gasteiger partial charge in [0.2, 0.25) is 5.91 Å². The quantitative estimate of drug-likeness (QED) is 0.121. The Morgan fingerprint density at radius 1 is 1.02 bits per heavy atom. The Hall–Kier alpha value is -5.50. The van der Waals surface area contributed by atoms with Crippen molar-refractivity contribution >= 4 is 41.0 Å². The highest BCUT2D eigenvalue weighted by atomic mass is 32.2. The molecule has 3 aromatic carbocycles. The SMILES string of the molecule is COc1cc(/C=N\NC(=O)Cn2nc(-c3ccccc3)n(-c3ccccc3)c2=O)ccc1OC(=O)C[C@H]1SC(=O)NC1=O. The topological polar surface area (TPSA) is 163 Å². The summed E-state index contributed by atoms with van der Waals surface area (Å²) < 4.78 is 13.1. The van der Waals surface area contributed by atoms with Crippen LogP contribution in [0.1, 0.15) is 12.0 Å². The number of hydrogen-bond donors (Lipinski definition) is 2. The number of rotatable bonds is 10. The molecule has 0 unspecified atom stereocenters. The third kappa shape index (κ3) is 6.87. The van der Waals surface area contributed by atoms with Crippen molar-refractivity contribution in [3.05, 3.63) is 94.9 Å². The maximum Gasteiger partial charge on any atom is 0.351 e. The molecule has 0 bridgehead atoms. The average molecular weight is 601 g/mol. The molecule has 0 aliphatic carbocycles. The summed E-state index contributed by atoms with van der Waals surface area (Å²) in [5.41, 5.74) is 3.71. The molecule has 4 aromatic rings. The lowest BCUT2D eigenvalue weighted by atomic mass is 10.2. The number of nitrogens with zero attached hydrogens (tertiary/aromatic N) is 4. The number of hydrazone groups is 1. The highest BCUT2D eigenvalue weighted by molar-refractivity contribution is 8.15. The van der Waals surface area contributed by atoms with Gasteiger partial charge in [0.25, 0.3) is 11.1 Å². The van der Waals surface area contributed by atoms with Crippen LogP contribution < -0.4 is 25.9 Å². The monoisotopic (exact) mass is 600 g/mol. The summed E-state index contributed by atoms with van der Waals surface area (Å²) >= 11 is 0.730. The Balaban J connectivity index is 1.24. The van der Waals surface area contributed by atoms with E-state index >= 15 is 0 Å². The van der Waals surface area contributed by atoms with Gasteiger partial charge >= 0.3 is 11.7 Å². The summed E-state index contributed by atoms with van der Waals surface area (Å²) in [6, 6.07) is 22.7. The summed E-state index contributed by atoms with van der Waals surface area (Å²) in [6.45, 7) is -0.378. The van der Waals surface area contributed by atoms with Gasteiger partial charge in [0, 0.05) is 5.56 Å². The smallest absolute Gasteiger partial charge is 0.351 e. The van der Waals surface area contributed by atoms with E-state index in [0.717, 1.165) is 16.4 Å². The first kappa shape index (κ1) is 29.0. The van der Waals surface area contributed by atoms with Gasteiger partial charge in [-0.2, -0.15) is 5.10 Å². The number of hydrogen-bond acceptors (Lipinski definition) is 10. The maximum absolute atomic E-state index is 13.3. The zero-order chi connectivity index (χ0) is 30.3. The molecule has 3 amide bonds. The molecule has 1 aromatic heterocycles. The number of nitrogens with one attached hydrogen (secondary N) is 2. The van der Waals surface area contributed by atoms with Crippen molar-refractivity contribution in [2.24, 2.45) is 5.10 Å². The number of ether oxygens (including phenoxy) is 2. The first-order chi connectivity index (χ1) is 20.8. The van der Waals surface area contributed by atoms with Crippen LogP contribution in [0.15, 0.2) is 88.8 Å². The number of carbonyl (C=O) groups is 4. The molecular weight excluding hydrogens is 576 g/mol. The fourth-order valence-corrected chi connectivity index (χ4v) is 4.94. The van der Waals surface area contributed by atoms with Crippen molar-refractivity contribution in [3.8, 4) is 28.6 Å². The van der Waals surface area contributed by atoms with E-state index < -0.39 is 34.0 Å². The molecular formula is C29H24N6O7S. The Morgan fingerprint density at radius 3 is 2.42 bits per heavy atom. The standard InChI is InChI=1S/C29H24N6O7S/c1-41-22-14-18(12-13-21(22)42-25(37)15-23-27(38)31-28(39)43-23)16-30-32-24(36)17-34-29(40)35(20-10-6-3-7-11-20)26(33-34)19-8-4-2-5-9-19/h2-14,16,23H,15,17H2,1H3,(H,32,36)(H,31,38,39)/b30-16-/t23-/m1/s1. The van der Waals surface area contributed by atoms with Gasteiger partial charge in [0.05, 0.1) is 25.4 Å². The molecule has 43 heavy (non-hydrogen) atoms. The van der Waals surface area contributed by atoms with Crippen LogP contribution in [0.3, 0.4) is 0 Å². The minimum Gasteiger partial charge on any atom is -0.493 e. The highest BCUT2D eigenvalue weighted by Crippen LogP contribution is 2.29. The number of benzene rings is 3. The third-order valence-corrected chi connectivity index (χ3v) is 7.09. The lowest BCUT2D eigenvalue weighted by molar-refractivity contribution is -0.136. The number of aromatic nitrogens is 3. The zero-order valence-corrected chi connectivity index (χ0v) is 23.4. The minimum atomic E-state index is -0.853. The summed E-state index contributed by atoms with van der Waals surface area (Å²) in [5, 5.41) is 9.11. The molecule has 1 aliphatic heterocycles. The number of para-hydroxylation sites is 1. The van der Waals surface area contributed by atoms with Crippen LogP contribution in [0.25, 0.3) is 17.1 Å². The minimum absolute atomic E-state index is 0.103. The lowest BCUT2D eigenvalue weighted by Crippen LogP contribution is -2.31. The fourth-order valence-electron chi connectivity index (χ4n) is 4.14. The number of imide groups is 1. The lowest BCUT2D eigenvalue weighted by Gasteiger charge is -2.10. The van der Waals surface area contributed by atoms with Crippen LogP contribution in [0, 0.1) is 0 Å². The van der Waals surface area contributed by atoms with Crippen molar-refractivity contribution in [1.82, 2.24) is 25.1 Å². The van der Waals surface area contributed by atoms with E-state index in [1.807, 2.05) is 36.4 Å². The van der Waals surface area contributed by atoms with Gasteiger partial charge in [-0.1, -0.05) is 60.3 Å². The zero-order valence-electron chi connectivity index (χ0n) is 22.6. The van der Waals surface area contributed by atoms with Crippen LogP contribution in [-0.4, -0.2) is 55.9 Å². The van der Waals surface area contributed by atoms with Crippen molar-refractivity contribution in [1.29, 1.82) is 0 Å². The number of thioether (sulfide) groups is 1. The van der Waals surface area contributed by atoms with E-state index in [9.17, 15) is 24.0 Å². The predicted molar refractivity (Wildman–Crippen MR) is 157 cm³/mol. The van der Waals surface area contributed by atoms with Crippen molar-refractivity contribution in [2.45, 2.75) is 18.2 Å². The van der Waals surface area contributed by atoms with Crippen molar-refractivity contribution in [3.63, 3.8) is 0 Å². The Bertz CT molecular complexity index is 1770. The Kier molecular flexibility index (Phi) is 8.77. The second-order valence-electron chi connectivity index (χ2n) is 9.07. The number of esters is 1. The molecule has 1 atom stereocenters. The van der Waals surface area contributed by atoms with E-state index in [1.165, 1.54) is 30.0 Å². The Labute approximate surface area is 248 Å². The first-order valence-corrected chi connectivity index (χ1v) is 13.7. The molecule has 2 heterocycles. The van der Waals surface area contributed by atoms with Gasteiger partial charge in [0.1, 0.15) is 11.8 Å². The second kappa shape index (κ2) is 13.0. The summed E-state index contributed by atoms with van der Waals surface area (Å²) in [6.07, 6.45) is 1.05. The van der Waals surface area contributed by atoms with Gasteiger partial charge in [-0.15, -0.1) is 5.10 Å². The maximum atomic E-state index is 13.3. The summed E-state index contributed by atoms with van der Waals surface area (Å²) in [7, 11) is 1.38. The molecule has 218 valence electrons. The number of amides is 3. The average Bonchev–Trinajstić information content (AvgIpc) is 3.50. The van der Waals surface area contributed by atoms with E-state index in [1.54, 1.807) is 30.3 Å².